The van der Waals surface area contributed by atoms with Gasteiger partial charge in [-0.25, -0.2) is 9.18 Å². The smallest absolute Gasteiger partial charge is 0.315 e. The number of carbonyl (C=O) groups excluding carboxylic acids is 1. The van der Waals surface area contributed by atoms with E-state index in [2.05, 4.69) is 10.6 Å². The SMILES string of the molecule is O=C(NCCCOc1ccccc1)NCc1ccc(F)cc1. The minimum Gasteiger partial charge on any atom is -0.494 e. The van der Waals surface area contributed by atoms with Crippen molar-refractivity contribution in [3.8, 4) is 5.75 Å². The van der Waals surface area contributed by atoms with E-state index in [4.69, 9.17) is 4.74 Å². The van der Waals surface area contributed by atoms with Gasteiger partial charge in [-0.3, -0.25) is 0 Å². The molecule has 0 spiro atoms. The summed E-state index contributed by atoms with van der Waals surface area (Å²) in [6.07, 6.45) is 0.721. The number of amides is 2. The van der Waals surface area contributed by atoms with Crippen molar-refractivity contribution in [2.45, 2.75) is 13.0 Å². The fourth-order valence-corrected chi connectivity index (χ4v) is 1.83. The number of hydrogen-bond donors (Lipinski definition) is 2. The zero-order valence-corrected chi connectivity index (χ0v) is 12.2. The summed E-state index contributed by atoms with van der Waals surface area (Å²) in [5.41, 5.74) is 0.851. The summed E-state index contributed by atoms with van der Waals surface area (Å²) in [7, 11) is 0. The van der Waals surface area contributed by atoms with Gasteiger partial charge in [0.1, 0.15) is 11.6 Å². The second-order valence-corrected chi connectivity index (χ2v) is 4.75. The molecule has 0 aliphatic heterocycles. The highest BCUT2D eigenvalue weighted by Crippen LogP contribution is 2.08. The molecule has 0 radical (unpaired) electrons. The van der Waals surface area contributed by atoms with E-state index in [0.29, 0.717) is 19.7 Å². The van der Waals surface area contributed by atoms with Crippen LogP contribution in [0.2, 0.25) is 0 Å². The second-order valence-electron chi connectivity index (χ2n) is 4.75. The molecule has 2 aromatic carbocycles. The molecule has 0 atom stereocenters. The van der Waals surface area contributed by atoms with Gasteiger partial charge in [-0.2, -0.15) is 0 Å². The summed E-state index contributed by atoms with van der Waals surface area (Å²) in [5, 5.41) is 5.46. The molecule has 0 aliphatic carbocycles. The highest BCUT2D eigenvalue weighted by Gasteiger charge is 2.00. The third kappa shape index (κ3) is 5.83. The highest BCUT2D eigenvalue weighted by molar-refractivity contribution is 5.73. The molecule has 2 aromatic rings. The Morgan fingerprint density at radius 2 is 1.73 bits per heavy atom. The number of carbonyl (C=O) groups is 1. The van der Waals surface area contributed by atoms with Crippen LogP contribution in [0.25, 0.3) is 0 Å². The number of hydrogen-bond acceptors (Lipinski definition) is 2. The summed E-state index contributed by atoms with van der Waals surface area (Å²) in [4.78, 5) is 11.6. The van der Waals surface area contributed by atoms with Crippen LogP contribution in [0, 0.1) is 5.82 Å². The standard InChI is InChI=1S/C17H19FN2O2/c18-15-9-7-14(8-10-15)13-20-17(21)19-11-4-12-22-16-5-2-1-3-6-16/h1-3,5-10H,4,11-13H2,(H2,19,20,21). The predicted octanol–water partition coefficient (Wildman–Crippen LogP) is 3.09. The van der Waals surface area contributed by atoms with Gasteiger partial charge in [-0.15, -0.1) is 0 Å². The Morgan fingerprint density at radius 1 is 1.00 bits per heavy atom. The van der Waals surface area contributed by atoms with Crippen molar-refractivity contribution in [1.29, 1.82) is 0 Å². The molecule has 0 aliphatic rings. The number of nitrogens with one attached hydrogen (secondary N) is 2. The lowest BCUT2D eigenvalue weighted by Gasteiger charge is -2.09. The van der Waals surface area contributed by atoms with Crippen molar-refractivity contribution in [3.63, 3.8) is 0 Å². The lowest BCUT2D eigenvalue weighted by atomic mass is 10.2. The van der Waals surface area contributed by atoms with Gasteiger partial charge in [0.15, 0.2) is 0 Å². The van der Waals surface area contributed by atoms with Crippen molar-refractivity contribution in [2.24, 2.45) is 0 Å². The first-order chi connectivity index (χ1) is 10.7. The predicted molar refractivity (Wildman–Crippen MR) is 83.2 cm³/mol. The van der Waals surface area contributed by atoms with Crippen LogP contribution in [0.3, 0.4) is 0 Å². The van der Waals surface area contributed by atoms with E-state index in [1.807, 2.05) is 30.3 Å². The Morgan fingerprint density at radius 3 is 2.45 bits per heavy atom. The molecule has 0 bridgehead atoms. The van der Waals surface area contributed by atoms with E-state index in [1.165, 1.54) is 12.1 Å². The van der Waals surface area contributed by atoms with Gasteiger partial charge in [0, 0.05) is 13.1 Å². The molecule has 5 heteroatoms. The fourth-order valence-electron chi connectivity index (χ4n) is 1.83. The normalized spacial score (nSPS) is 10.0. The second kappa shape index (κ2) is 8.67. The zero-order valence-electron chi connectivity index (χ0n) is 12.2. The summed E-state index contributed by atoms with van der Waals surface area (Å²) in [6.45, 7) is 1.44. The van der Waals surface area contributed by atoms with Gasteiger partial charge in [0.25, 0.3) is 0 Å². The molecular weight excluding hydrogens is 283 g/mol. The van der Waals surface area contributed by atoms with Crippen LogP contribution in [0.4, 0.5) is 9.18 Å². The van der Waals surface area contributed by atoms with E-state index >= 15 is 0 Å². The van der Waals surface area contributed by atoms with Crippen LogP contribution in [0.5, 0.6) is 5.75 Å². The summed E-state index contributed by atoms with van der Waals surface area (Å²) in [5.74, 6) is 0.537. The molecule has 22 heavy (non-hydrogen) atoms. The first-order valence-electron chi connectivity index (χ1n) is 7.18. The Balaban J connectivity index is 1.55. The maximum atomic E-state index is 12.7. The average molecular weight is 302 g/mol. The van der Waals surface area contributed by atoms with Crippen LogP contribution in [0.1, 0.15) is 12.0 Å². The van der Waals surface area contributed by atoms with Crippen molar-refractivity contribution in [1.82, 2.24) is 10.6 Å². The summed E-state index contributed by atoms with van der Waals surface area (Å²) in [6, 6.07) is 15.3. The first kappa shape index (κ1) is 15.8. The fraction of sp³-hybridized carbons (Fsp3) is 0.235. The number of para-hydroxylation sites is 1. The molecule has 0 unspecified atom stereocenters. The molecule has 116 valence electrons. The van der Waals surface area contributed by atoms with Gasteiger partial charge in [0.2, 0.25) is 0 Å². The zero-order chi connectivity index (χ0) is 15.6. The topological polar surface area (TPSA) is 50.4 Å². The van der Waals surface area contributed by atoms with E-state index < -0.39 is 0 Å². The monoisotopic (exact) mass is 302 g/mol. The third-order valence-corrected chi connectivity index (χ3v) is 2.98. The van der Waals surface area contributed by atoms with Gasteiger partial charge in [-0.05, 0) is 36.2 Å². The van der Waals surface area contributed by atoms with Crippen molar-refractivity contribution < 1.29 is 13.9 Å². The summed E-state index contributed by atoms with van der Waals surface area (Å²) >= 11 is 0. The van der Waals surface area contributed by atoms with Gasteiger partial charge >= 0.3 is 6.03 Å². The number of halogens is 1. The van der Waals surface area contributed by atoms with Gasteiger partial charge in [-0.1, -0.05) is 30.3 Å². The van der Waals surface area contributed by atoms with E-state index in [0.717, 1.165) is 17.7 Å². The Kier molecular flexibility index (Phi) is 6.23. The minimum atomic E-state index is -0.286. The van der Waals surface area contributed by atoms with Crippen molar-refractivity contribution in [3.05, 3.63) is 66.0 Å². The largest absolute Gasteiger partial charge is 0.494 e. The van der Waals surface area contributed by atoms with Gasteiger partial charge in [0.05, 0.1) is 6.61 Å². The van der Waals surface area contributed by atoms with E-state index in [1.54, 1.807) is 12.1 Å². The maximum absolute atomic E-state index is 12.7. The Labute approximate surface area is 129 Å². The molecule has 2 N–H and O–H groups in total. The van der Waals surface area contributed by atoms with Crippen LogP contribution < -0.4 is 15.4 Å². The van der Waals surface area contributed by atoms with Crippen molar-refractivity contribution in [2.75, 3.05) is 13.2 Å². The van der Waals surface area contributed by atoms with Crippen molar-refractivity contribution >= 4 is 6.03 Å². The summed E-state index contributed by atoms with van der Waals surface area (Å²) < 4.78 is 18.3. The number of urea groups is 1. The third-order valence-electron chi connectivity index (χ3n) is 2.98. The van der Waals surface area contributed by atoms with E-state index in [-0.39, 0.29) is 11.8 Å². The Hall–Kier alpha value is -2.56. The highest BCUT2D eigenvalue weighted by atomic mass is 19.1. The molecule has 2 amide bonds. The van der Waals surface area contributed by atoms with Crippen LogP contribution >= 0.6 is 0 Å². The molecule has 2 rings (SSSR count). The van der Waals surface area contributed by atoms with Crippen LogP contribution in [-0.4, -0.2) is 19.2 Å². The van der Waals surface area contributed by atoms with Gasteiger partial charge < -0.3 is 15.4 Å². The number of benzene rings is 2. The van der Waals surface area contributed by atoms with E-state index in [9.17, 15) is 9.18 Å². The first-order valence-corrected chi connectivity index (χ1v) is 7.18. The average Bonchev–Trinajstić information content (AvgIpc) is 2.55. The lowest BCUT2D eigenvalue weighted by Crippen LogP contribution is -2.36. The lowest BCUT2D eigenvalue weighted by molar-refractivity contribution is 0.238. The number of ether oxygens (including phenoxy) is 1. The minimum absolute atomic E-state index is 0.246. The Bertz CT molecular complexity index is 573. The van der Waals surface area contributed by atoms with Crippen LogP contribution in [0.15, 0.2) is 54.6 Å². The molecule has 0 fully saturated rings. The quantitative estimate of drug-likeness (QED) is 0.772. The molecular formula is C17H19FN2O2. The molecule has 0 saturated heterocycles. The van der Waals surface area contributed by atoms with Crippen LogP contribution in [-0.2, 0) is 6.54 Å². The molecule has 0 heterocycles. The molecule has 4 nitrogen and oxygen atoms in total. The maximum Gasteiger partial charge on any atom is 0.315 e. The molecule has 0 saturated carbocycles. The number of rotatable bonds is 7. The molecule has 0 aromatic heterocycles.